The predicted octanol–water partition coefficient (Wildman–Crippen LogP) is 1.22. The Morgan fingerprint density at radius 2 is 2.27 bits per heavy atom. The summed E-state index contributed by atoms with van der Waals surface area (Å²) in [4.78, 5) is 12.2. The number of hydrogen-bond donors (Lipinski definition) is 1. The van der Waals surface area contributed by atoms with Gasteiger partial charge in [-0.15, -0.1) is 0 Å². The van der Waals surface area contributed by atoms with E-state index in [1.54, 1.807) is 31.4 Å². The molecule has 1 aliphatic rings. The average molecular weight is 391 g/mol. The molecule has 8 heteroatoms. The summed E-state index contributed by atoms with van der Waals surface area (Å²) in [6.07, 6.45) is 0.534. The number of sulfonamides is 1. The minimum Gasteiger partial charge on any atom is -0.383 e. The first-order valence-corrected chi connectivity index (χ1v) is 9.21. The third-order valence-corrected chi connectivity index (χ3v) is 5.92. The van der Waals surface area contributed by atoms with Gasteiger partial charge in [0.1, 0.15) is 0 Å². The van der Waals surface area contributed by atoms with Crippen molar-refractivity contribution in [2.75, 3.05) is 33.4 Å². The van der Waals surface area contributed by atoms with Gasteiger partial charge in [0.25, 0.3) is 0 Å². The van der Waals surface area contributed by atoms with Gasteiger partial charge in [-0.05, 0) is 24.6 Å². The Bertz CT molecular complexity index is 635. The Hall–Kier alpha value is -0.960. The number of benzene rings is 1. The molecule has 0 radical (unpaired) electrons. The average Bonchev–Trinajstić information content (AvgIpc) is 2.98. The van der Waals surface area contributed by atoms with Crippen LogP contribution in [0.5, 0.6) is 0 Å². The van der Waals surface area contributed by atoms with E-state index < -0.39 is 10.0 Å². The van der Waals surface area contributed by atoms with Crippen molar-refractivity contribution in [1.82, 2.24) is 9.62 Å². The Kier molecular flexibility index (Phi) is 5.96. The van der Waals surface area contributed by atoms with Crippen LogP contribution in [0.4, 0.5) is 0 Å². The zero-order chi connectivity index (χ0) is 16.2. The number of nitrogens with zero attached hydrogens (tertiary/aromatic N) is 1. The Labute approximate surface area is 139 Å². The highest BCUT2D eigenvalue weighted by Gasteiger charge is 2.35. The van der Waals surface area contributed by atoms with E-state index in [9.17, 15) is 13.2 Å². The largest absolute Gasteiger partial charge is 0.383 e. The number of rotatable bonds is 6. The van der Waals surface area contributed by atoms with Crippen LogP contribution in [0, 0.1) is 5.92 Å². The summed E-state index contributed by atoms with van der Waals surface area (Å²) in [5, 5.41) is 2.75. The third-order valence-electron chi connectivity index (χ3n) is 3.56. The second-order valence-electron chi connectivity index (χ2n) is 5.09. The molecule has 1 amide bonds. The molecule has 0 aliphatic carbocycles. The van der Waals surface area contributed by atoms with E-state index >= 15 is 0 Å². The smallest absolute Gasteiger partial charge is 0.243 e. The number of nitrogens with one attached hydrogen (secondary N) is 1. The van der Waals surface area contributed by atoms with Crippen molar-refractivity contribution >= 4 is 31.9 Å². The minimum absolute atomic E-state index is 0.121. The van der Waals surface area contributed by atoms with Crippen molar-refractivity contribution in [3.8, 4) is 0 Å². The zero-order valence-electron chi connectivity index (χ0n) is 12.3. The van der Waals surface area contributed by atoms with E-state index in [2.05, 4.69) is 21.2 Å². The maximum atomic E-state index is 12.6. The summed E-state index contributed by atoms with van der Waals surface area (Å²) < 4.78 is 32.1. The van der Waals surface area contributed by atoms with Gasteiger partial charge < -0.3 is 10.1 Å². The van der Waals surface area contributed by atoms with Crippen molar-refractivity contribution in [3.05, 3.63) is 28.7 Å². The first kappa shape index (κ1) is 17.4. The molecule has 1 fully saturated rings. The second kappa shape index (κ2) is 7.54. The molecule has 1 atom stereocenters. The van der Waals surface area contributed by atoms with Gasteiger partial charge in [-0.3, -0.25) is 4.79 Å². The molecule has 1 N–H and O–H groups in total. The van der Waals surface area contributed by atoms with Gasteiger partial charge in [0, 0.05) is 31.2 Å². The summed E-state index contributed by atoms with van der Waals surface area (Å²) in [7, 11) is -1.99. The molecule has 22 heavy (non-hydrogen) atoms. The molecular formula is C14H19BrN2O4S. The van der Waals surface area contributed by atoms with Gasteiger partial charge in [0.2, 0.25) is 15.9 Å². The number of amides is 1. The molecule has 1 unspecified atom stereocenters. The molecule has 0 spiro atoms. The van der Waals surface area contributed by atoms with Gasteiger partial charge in [-0.25, -0.2) is 8.42 Å². The molecule has 1 heterocycles. The summed E-state index contributed by atoms with van der Waals surface area (Å²) >= 11 is 3.27. The Balaban J connectivity index is 2.01. The van der Waals surface area contributed by atoms with E-state index in [-0.39, 0.29) is 23.3 Å². The van der Waals surface area contributed by atoms with Crippen LogP contribution in [-0.4, -0.2) is 52.0 Å². The highest BCUT2D eigenvalue weighted by atomic mass is 79.9. The van der Waals surface area contributed by atoms with Crippen molar-refractivity contribution in [1.29, 1.82) is 0 Å². The highest BCUT2D eigenvalue weighted by Crippen LogP contribution is 2.26. The summed E-state index contributed by atoms with van der Waals surface area (Å²) in [6.45, 7) is 1.45. The van der Waals surface area contributed by atoms with Gasteiger partial charge in [0.05, 0.1) is 17.4 Å². The molecule has 6 nitrogen and oxygen atoms in total. The summed E-state index contributed by atoms with van der Waals surface area (Å²) in [5.41, 5.74) is 0. The van der Waals surface area contributed by atoms with Gasteiger partial charge in [0.15, 0.2) is 0 Å². The number of carbonyl (C=O) groups excluding carboxylic acids is 1. The van der Waals surface area contributed by atoms with Gasteiger partial charge in [-0.1, -0.05) is 22.0 Å². The highest BCUT2D eigenvalue weighted by molar-refractivity contribution is 9.10. The fourth-order valence-electron chi connectivity index (χ4n) is 2.36. The third kappa shape index (κ3) is 4.07. The lowest BCUT2D eigenvalue weighted by atomic mass is 10.1. The van der Waals surface area contributed by atoms with E-state index in [4.69, 9.17) is 4.74 Å². The molecular weight excluding hydrogens is 372 g/mol. The fraction of sp³-hybridized carbons (Fsp3) is 0.500. The van der Waals surface area contributed by atoms with Crippen LogP contribution in [-0.2, 0) is 19.6 Å². The molecule has 2 rings (SSSR count). The lowest BCUT2D eigenvalue weighted by molar-refractivity contribution is -0.124. The van der Waals surface area contributed by atoms with Crippen LogP contribution in [0.25, 0.3) is 0 Å². The number of ether oxygens (including phenoxy) is 1. The summed E-state index contributed by atoms with van der Waals surface area (Å²) in [5.74, 6) is -0.428. The quantitative estimate of drug-likeness (QED) is 0.740. The molecule has 1 aromatic rings. The van der Waals surface area contributed by atoms with E-state index in [0.29, 0.717) is 30.6 Å². The molecule has 1 aliphatic heterocycles. The maximum Gasteiger partial charge on any atom is 0.243 e. The molecule has 1 aromatic carbocycles. The van der Waals surface area contributed by atoms with E-state index in [1.807, 2.05) is 0 Å². The van der Waals surface area contributed by atoms with Gasteiger partial charge >= 0.3 is 0 Å². The zero-order valence-corrected chi connectivity index (χ0v) is 14.7. The number of carbonyl (C=O) groups is 1. The van der Waals surface area contributed by atoms with E-state index in [1.165, 1.54) is 4.31 Å². The minimum atomic E-state index is -3.55. The van der Waals surface area contributed by atoms with Gasteiger partial charge in [-0.2, -0.15) is 4.31 Å². The van der Waals surface area contributed by atoms with Crippen LogP contribution in [0.3, 0.4) is 0 Å². The van der Waals surface area contributed by atoms with Crippen molar-refractivity contribution in [3.63, 3.8) is 0 Å². The predicted molar refractivity (Wildman–Crippen MR) is 85.9 cm³/mol. The summed E-state index contributed by atoms with van der Waals surface area (Å²) in [6, 6.07) is 6.59. The standard InChI is InChI=1S/C14H19BrN2O4S/c1-21-8-6-16-14(18)11-5-7-17(10-11)22(19,20)13-4-2-3-12(15)9-13/h2-4,9,11H,5-8,10H2,1H3,(H,16,18). The van der Waals surface area contributed by atoms with E-state index in [0.717, 1.165) is 0 Å². The lowest BCUT2D eigenvalue weighted by Crippen LogP contribution is -2.36. The fourth-order valence-corrected chi connectivity index (χ4v) is 4.45. The van der Waals surface area contributed by atoms with Crippen LogP contribution >= 0.6 is 15.9 Å². The number of hydrogen-bond acceptors (Lipinski definition) is 4. The maximum absolute atomic E-state index is 12.6. The second-order valence-corrected chi connectivity index (χ2v) is 7.94. The topological polar surface area (TPSA) is 75.7 Å². The first-order valence-electron chi connectivity index (χ1n) is 6.97. The molecule has 1 saturated heterocycles. The van der Waals surface area contributed by atoms with Crippen molar-refractivity contribution in [2.45, 2.75) is 11.3 Å². The van der Waals surface area contributed by atoms with Crippen molar-refractivity contribution in [2.24, 2.45) is 5.92 Å². The van der Waals surface area contributed by atoms with Crippen LogP contribution in [0.15, 0.2) is 33.6 Å². The van der Waals surface area contributed by atoms with Crippen molar-refractivity contribution < 1.29 is 17.9 Å². The number of methoxy groups -OCH3 is 1. The monoisotopic (exact) mass is 390 g/mol. The van der Waals surface area contributed by atoms with Crippen LogP contribution in [0.2, 0.25) is 0 Å². The van der Waals surface area contributed by atoms with Crippen LogP contribution in [0.1, 0.15) is 6.42 Å². The first-order chi connectivity index (χ1) is 10.4. The van der Waals surface area contributed by atoms with Crippen LogP contribution < -0.4 is 5.32 Å². The molecule has 0 saturated carbocycles. The number of halogens is 1. The normalized spacial score (nSPS) is 19.3. The molecule has 0 bridgehead atoms. The Morgan fingerprint density at radius 1 is 1.50 bits per heavy atom. The molecule has 0 aromatic heterocycles. The Morgan fingerprint density at radius 3 is 2.95 bits per heavy atom. The lowest BCUT2D eigenvalue weighted by Gasteiger charge is -2.16. The SMILES string of the molecule is COCCNC(=O)C1CCN(S(=O)(=O)c2cccc(Br)c2)C1. The molecule has 122 valence electrons.